The maximum atomic E-state index is 10.6. The summed E-state index contributed by atoms with van der Waals surface area (Å²) in [6.45, 7) is 0. The van der Waals surface area contributed by atoms with Crippen LogP contribution in [0.3, 0.4) is 0 Å². The lowest BCUT2D eigenvalue weighted by atomic mass is 10.1. The molecule has 4 nitrogen and oxygen atoms in total. The van der Waals surface area contributed by atoms with Gasteiger partial charge in [0.15, 0.2) is 0 Å². The summed E-state index contributed by atoms with van der Waals surface area (Å²) in [5.74, 6) is -1.83. The number of carboxylic acids is 2. The number of aliphatic carboxylic acids is 1. The minimum absolute atomic E-state index is 0.0580. The minimum Gasteiger partial charge on any atom is -0.481 e. The van der Waals surface area contributed by atoms with E-state index in [4.69, 9.17) is 10.2 Å². The van der Waals surface area contributed by atoms with Crippen LogP contribution in [0.25, 0.3) is 0 Å². The maximum Gasteiger partial charge on any atom is 0.335 e. The molecule has 1 rings (SSSR count). The molecule has 0 amide bonds. The van der Waals surface area contributed by atoms with Crippen molar-refractivity contribution in [2.24, 2.45) is 0 Å². The van der Waals surface area contributed by atoms with E-state index in [1.807, 2.05) is 22.6 Å². The molecule has 0 saturated carbocycles. The topological polar surface area (TPSA) is 74.6 Å². The smallest absolute Gasteiger partial charge is 0.335 e. The third-order valence-corrected chi connectivity index (χ3v) is 2.91. The van der Waals surface area contributed by atoms with Gasteiger partial charge in [0.2, 0.25) is 0 Å². The van der Waals surface area contributed by atoms with Crippen molar-refractivity contribution in [2.45, 2.75) is 12.8 Å². The molecule has 0 aliphatic rings. The van der Waals surface area contributed by atoms with Gasteiger partial charge in [-0.15, -0.1) is 0 Å². The number of aromatic carboxylic acids is 1. The lowest BCUT2D eigenvalue weighted by Gasteiger charge is -2.03. The van der Waals surface area contributed by atoms with Crippen molar-refractivity contribution in [3.8, 4) is 0 Å². The van der Waals surface area contributed by atoms with Crippen LogP contribution < -0.4 is 0 Å². The first-order valence-corrected chi connectivity index (χ1v) is 5.32. The highest BCUT2D eigenvalue weighted by molar-refractivity contribution is 14.1. The zero-order valence-corrected chi connectivity index (χ0v) is 9.89. The van der Waals surface area contributed by atoms with E-state index in [1.54, 1.807) is 12.1 Å². The zero-order valence-electron chi connectivity index (χ0n) is 7.74. The summed E-state index contributed by atoms with van der Waals surface area (Å²) in [4.78, 5) is 21.0. The van der Waals surface area contributed by atoms with Crippen LogP contribution in [0.1, 0.15) is 22.3 Å². The van der Waals surface area contributed by atoms with Gasteiger partial charge in [-0.1, -0.05) is 6.07 Å². The first kappa shape index (κ1) is 12.0. The molecule has 1 aromatic carbocycles. The summed E-state index contributed by atoms with van der Waals surface area (Å²) in [7, 11) is 0. The van der Waals surface area contributed by atoms with E-state index in [-0.39, 0.29) is 12.0 Å². The van der Waals surface area contributed by atoms with E-state index in [0.29, 0.717) is 6.42 Å². The lowest BCUT2D eigenvalue weighted by molar-refractivity contribution is -0.136. The molecule has 15 heavy (non-hydrogen) atoms. The van der Waals surface area contributed by atoms with Crippen LogP contribution in [0, 0.1) is 3.57 Å². The van der Waals surface area contributed by atoms with Gasteiger partial charge in [0.25, 0.3) is 0 Å². The Kier molecular flexibility index (Phi) is 4.07. The number of hydrogen-bond donors (Lipinski definition) is 2. The Labute approximate surface area is 100 Å². The molecule has 2 N–H and O–H groups in total. The van der Waals surface area contributed by atoms with E-state index in [2.05, 4.69) is 0 Å². The number of carboxylic acid groups (broad SMARTS) is 2. The van der Waals surface area contributed by atoms with Crippen LogP contribution in [-0.2, 0) is 11.2 Å². The van der Waals surface area contributed by atoms with Gasteiger partial charge in [0.05, 0.1) is 5.56 Å². The van der Waals surface area contributed by atoms with Crippen LogP contribution in [-0.4, -0.2) is 22.2 Å². The predicted molar refractivity (Wildman–Crippen MR) is 62.1 cm³/mol. The molecule has 0 fully saturated rings. The van der Waals surface area contributed by atoms with Gasteiger partial charge in [-0.2, -0.15) is 0 Å². The molecule has 0 aliphatic carbocycles. The highest BCUT2D eigenvalue weighted by atomic mass is 127. The number of halogens is 1. The molecule has 0 radical (unpaired) electrons. The summed E-state index contributed by atoms with van der Waals surface area (Å²) < 4.78 is 0.786. The molecule has 0 atom stereocenters. The van der Waals surface area contributed by atoms with Crippen molar-refractivity contribution in [2.75, 3.05) is 0 Å². The molecule has 0 unspecified atom stereocenters. The molecular formula is C10H9IO4. The Morgan fingerprint density at radius 1 is 1.27 bits per heavy atom. The monoisotopic (exact) mass is 320 g/mol. The third kappa shape index (κ3) is 3.50. The SMILES string of the molecule is O=C(O)CCc1ccc(C(=O)O)cc1I. The van der Waals surface area contributed by atoms with Crippen molar-refractivity contribution in [3.05, 3.63) is 32.9 Å². The number of aryl methyl sites for hydroxylation is 1. The molecule has 0 bridgehead atoms. The van der Waals surface area contributed by atoms with Gasteiger partial charge in [0.1, 0.15) is 0 Å². The Hall–Kier alpha value is -1.11. The number of benzene rings is 1. The average Bonchev–Trinajstić information content (AvgIpc) is 2.15. The number of rotatable bonds is 4. The highest BCUT2D eigenvalue weighted by Gasteiger charge is 2.07. The molecule has 0 saturated heterocycles. The lowest BCUT2D eigenvalue weighted by Crippen LogP contribution is -2.01. The van der Waals surface area contributed by atoms with Crippen LogP contribution >= 0.6 is 22.6 Å². The summed E-state index contributed by atoms with van der Waals surface area (Å²) in [5.41, 5.74) is 1.08. The van der Waals surface area contributed by atoms with Crippen molar-refractivity contribution in [1.29, 1.82) is 0 Å². The molecular weight excluding hydrogens is 311 g/mol. The summed E-state index contributed by atoms with van der Waals surface area (Å²) >= 11 is 2.01. The van der Waals surface area contributed by atoms with Gasteiger partial charge >= 0.3 is 11.9 Å². The maximum absolute atomic E-state index is 10.6. The van der Waals surface area contributed by atoms with Gasteiger partial charge in [-0.05, 0) is 46.7 Å². The van der Waals surface area contributed by atoms with E-state index < -0.39 is 11.9 Å². The highest BCUT2D eigenvalue weighted by Crippen LogP contribution is 2.16. The quantitative estimate of drug-likeness (QED) is 0.832. The second kappa shape index (κ2) is 5.11. The van der Waals surface area contributed by atoms with Crippen molar-refractivity contribution in [3.63, 3.8) is 0 Å². The molecule has 80 valence electrons. The van der Waals surface area contributed by atoms with Crippen molar-refractivity contribution < 1.29 is 19.8 Å². The largest absolute Gasteiger partial charge is 0.481 e. The van der Waals surface area contributed by atoms with E-state index in [0.717, 1.165) is 9.13 Å². The van der Waals surface area contributed by atoms with E-state index >= 15 is 0 Å². The van der Waals surface area contributed by atoms with E-state index in [1.165, 1.54) is 6.07 Å². The van der Waals surface area contributed by atoms with Crippen LogP contribution in [0.5, 0.6) is 0 Å². The summed E-state index contributed by atoms with van der Waals surface area (Å²) in [6.07, 6.45) is 0.482. The molecule has 5 heteroatoms. The second-order valence-corrected chi connectivity index (χ2v) is 4.17. The fourth-order valence-corrected chi connectivity index (χ4v) is 1.91. The summed E-state index contributed by atoms with van der Waals surface area (Å²) in [5, 5.41) is 17.2. The Morgan fingerprint density at radius 3 is 2.40 bits per heavy atom. The van der Waals surface area contributed by atoms with Crippen LogP contribution in [0.2, 0.25) is 0 Å². The fraction of sp³-hybridized carbons (Fsp3) is 0.200. The van der Waals surface area contributed by atoms with Crippen LogP contribution in [0.15, 0.2) is 18.2 Å². The predicted octanol–water partition coefficient (Wildman–Crippen LogP) is 2.01. The molecule has 0 heterocycles. The Bertz CT molecular complexity index is 400. The standard InChI is InChI=1S/C10H9IO4/c11-8-5-7(10(14)15)2-1-6(8)3-4-9(12)13/h1-2,5H,3-4H2,(H,12,13)(H,14,15). The fourth-order valence-electron chi connectivity index (χ4n) is 1.12. The van der Waals surface area contributed by atoms with Crippen molar-refractivity contribution in [1.82, 2.24) is 0 Å². The first-order valence-electron chi connectivity index (χ1n) is 4.24. The molecule has 0 spiro atoms. The minimum atomic E-state index is -0.974. The molecule has 0 aliphatic heterocycles. The van der Waals surface area contributed by atoms with E-state index in [9.17, 15) is 9.59 Å². The average molecular weight is 320 g/mol. The van der Waals surface area contributed by atoms with Crippen LogP contribution in [0.4, 0.5) is 0 Å². The number of hydrogen-bond acceptors (Lipinski definition) is 2. The normalized spacial score (nSPS) is 9.93. The Balaban J connectivity index is 2.83. The van der Waals surface area contributed by atoms with Gasteiger partial charge in [0, 0.05) is 9.99 Å². The first-order chi connectivity index (χ1) is 7.00. The number of carbonyl (C=O) groups is 2. The zero-order chi connectivity index (χ0) is 11.4. The Morgan fingerprint density at radius 2 is 1.93 bits per heavy atom. The van der Waals surface area contributed by atoms with Gasteiger partial charge in [-0.25, -0.2) is 4.79 Å². The van der Waals surface area contributed by atoms with Gasteiger partial charge in [-0.3, -0.25) is 4.79 Å². The second-order valence-electron chi connectivity index (χ2n) is 3.01. The van der Waals surface area contributed by atoms with Crippen molar-refractivity contribution >= 4 is 34.5 Å². The van der Waals surface area contributed by atoms with Gasteiger partial charge < -0.3 is 10.2 Å². The summed E-state index contributed by atoms with van der Waals surface area (Å²) in [6, 6.07) is 4.69. The molecule has 1 aromatic rings. The molecule has 0 aromatic heterocycles. The third-order valence-electron chi connectivity index (χ3n) is 1.91.